The number of hydrogen-bond acceptors (Lipinski definition) is 4. The minimum atomic E-state index is 0.786. The molecule has 20 heavy (non-hydrogen) atoms. The third-order valence-electron chi connectivity index (χ3n) is 2.94. The van der Waals surface area contributed by atoms with Gasteiger partial charge in [0.15, 0.2) is 5.82 Å². The number of benzene rings is 1. The number of nitrogens with zero attached hydrogens (tertiary/aromatic N) is 2. The highest BCUT2D eigenvalue weighted by Crippen LogP contribution is 2.29. The monoisotopic (exact) mass is 347 g/mol. The second-order valence-electron chi connectivity index (χ2n) is 4.46. The highest BCUT2D eigenvalue weighted by molar-refractivity contribution is 9.10. The van der Waals surface area contributed by atoms with Crippen LogP contribution in [0.2, 0.25) is 0 Å². The summed E-state index contributed by atoms with van der Waals surface area (Å²) in [7, 11) is 0. The molecule has 0 saturated heterocycles. The van der Waals surface area contributed by atoms with Gasteiger partial charge < -0.3 is 5.32 Å². The quantitative estimate of drug-likeness (QED) is 0.725. The Morgan fingerprint density at radius 2 is 2.15 bits per heavy atom. The van der Waals surface area contributed by atoms with Crippen LogP contribution in [0, 0.1) is 0 Å². The zero-order valence-corrected chi connectivity index (χ0v) is 13.5. The van der Waals surface area contributed by atoms with Crippen LogP contribution in [0.25, 0.3) is 21.6 Å². The Morgan fingerprint density at radius 3 is 2.90 bits per heavy atom. The van der Waals surface area contributed by atoms with Gasteiger partial charge in [-0.3, -0.25) is 0 Å². The van der Waals surface area contributed by atoms with Crippen molar-refractivity contribution in [2.24, 2.45) is 0 Å². The Balaban J connectivity index is 2.17. The average molecular weight is 348 g/mol. The van der Waals surface area contributed by atoms with E-state index in [1.807, 2.05) is 29.6 Å². The zero-order valence-electron chi connectivity index (χ0n) is 11.1. The van der Waals surface area contributed by atoms with Gasteiger partial charge in [-0.25, -0.2) is 9.97 Å². The number of thiophene rings is 1. The standard InChI is InChI=1S/C15H14BrN3S/c1-2-7-17-14-11-9-10(16)5-6-12(11)18-15(19-14)13-4-3-8-20-13/h3-6,8-9H,2,7H2,1H3,(H,17,18,19). The van der Waals surface area contributed by atoms with Gasteiger partial charge in [-0.15, -0.1) is 11.3 Å². The lowest BCUT2D eigenvalue weighted by Crippen LogP contribution is -2.04. The SMILES string of the molecule is CCCNc1nc(-c2cccs2)nc2ccc(Br)cc12. The Labute approximate surface area is 130 Å². The van der Waals surface area contributed by atoms with E-state index in [0.717, 1.165) is 44.9 Å². The molecule has 0 unspecified atom stereocenters. The Bertz CT molecular complexity index is 725. The molecule has 1 aromatic carbocycles. The number of rotatable bonds is 4. The molecule has 0 aliphatic heterocycles. The van der Waals surface area contributed by atoms with E-state index in [4.69, 9.17) is 0 Å². The highest BCUT2D eigenvalue weighted by atomic mass is 79.9. The van der Waals surface area contributed by atoms with Crippen molar-refractivity contribution >= 4 is 44.0 Å². The van der Waals surface area contributed by atoms with Crippen molar-refractivity contribution in [3.05, 3.63) is 40.2 Å². The summed E-state index contributed by atoms with van der Waals surface area (Å²) < 4.78 is 1.04. The minimum absolute atomic E-state index is 0.786. The largest absolute Gasteiger partial charge is 0.369 e. The van der Waals surface area contributed by atoms with Crippen molar-refractivity contribution in [2.75, 3.05) is 11.9 Å². The van der Waals surface area contributed by atoms with E-state index in [9.17, 15) is 0 Å². The van der Waals surface area contributed by atoms with Crippen LogP contribution in [0.15, 0.2) is 40.2 Å². The van der Waals surface area contributed by atoms with Crippen LogP contribution in [0.3, 0.4) is 0 Å². The molecule has 0 saturated carbocycles. The molecule has 3 rings (SSSR count). The predicted molar refractivity (Wildman–Crippen MR) is 89.3 cm³/mol. The zero-order chi connectivity index (χ0) is 13.9. The third kappa shape index (κ3) is 2.69. The van der Waals surface area contributed by atoms with Crippen molar-refractivity contribution < 1.29 is 0 Å². The summed E-state index contributed by atoms with van der Waals surface area (Å²) >= 11 is 5.17. The van der Waals surface area contributed by atoms with E-state index in [1.165, 1.54) is 0 Å². The summed E-state index contributed by atoms with van der Waals surface area (Å²) in [5.41, 5.74) is 0.963. The van der Waals surface area contributed by atoms with Crippen LogP contribution in [0.1, 0.15) is 13.3 Å². The molecule has 0 radical (unpaired) electrons. The van der Waals surface area contributed by atoms with E-state index in [1.54, 1.807) is 11.3 Å². The van der Waals surface area contributed by atoms with Crippen LogP contribution < -0.4 is 5.32 Å². The molecule has 0 aliphatic rings. The maximum Gasteiger partial charge on any atom is 0.172 e. The lowest BCUT2D eigenvalue weighted by Gasteiger charge is -2.10. The van der Waals surface area contributed by atoms with Gasteiger partial charge >= 0.3 is 0 Å². The first-order valence-electron chi connectivity index (χ1n) is 6.53. The summed E-state index contributed by atoms with van der Waals surface area (Å²) in [6.07, 6.45) is 1.06. The van der Waals surface area contributed by atoms with Crippen LogP contribution in [-0.4, -0.2) is 16.5 Å². The van der Waals surface area contributed by atoms with Crippen molar-refractivity contribution in [2.45, 2.75) is 13.3 Å². The Kier molecular flexibility index (Phi) is 3.98. The molecule has 0 aliphatic carbocycles. The summed E-state index contributed by atoms with van der Waals surface area (Å²) in [4.78, 5) is 10.4. The van der Waals surface area contributed by atoms with Gasteiger partial charge in [0.1, 0.15) is 5.82 Å². The smallest absolute Gasteiger partial charge is 0.172 e. The van der Waals surface area contributed by atoms with Crippen LogP contribution in [0.4, 0.5) is 5.82 Å². The predicted octanol–water partition coefficient (Wildman–Crippen LogP) is 4.94. The van der Waals surface area contributed by atoms with E-state index in [0.29, 0.717) is 0 Å². The molecular formula is C15H14BrN3S. The van der Waals surface area contributed by atoms with Gasteiger partial charge in [-0.2, -0.15) is 0 Å². The normalized spacial score (nSPS) is 10.9. The molecule has 2 heterocycles. The lowest BCUT2D eigenvalue weighted by molar-refractivity contribution is 0.970. The second kappa shape index (κ2) is 5.89. The summed E-state index contributed by atoms with van der Waals surface area (Å²) in [5.74, 6) is 1.69. The molecule has 3 aromatic rings. The van der Waals surface area contributed by atoms with Gasteiger partial charge in [0.05, 0.1) is 10.4 Å². The average Bonchev–Trinajstić information content (AvgIpc) is 2.99. The molecule has 1 N–H and O–H groups in total. The van der Waals surface area contributed by atoms with Crippen LogP contribution in [0.5, 0.6) is 0 Å². The number of halogens is 1. The Hall–Kier alpha value is -1.46. The molecular weight excluding hydrogens is 334 g/mol. The maximum absolute atomic E-state index is 4.69. The molecule has 0 spiro atoms. The molecule has 102 valence electrons. The fourth-order valence-corrected chi connectivity index (χ4v) is 3.01. The molecule has 0 amide bonds. The number of hydrogen-bond donors (Lipinski definition) is 1. The fourth-order valence-electron chi connectivity index (χ4n) is 1.99. The van der Waals surface area contributed by atoms with E-state index in [-0.39, 0.29) is 0 Å². The summed E-state index contributed by atoms with van der Waals surface area (Å²) in [6, 6.07) is 10.2. The van der Waals surface area contributed by atoms with Gasteiger partial charge in [-0.05, 0) is 36.1 Å². The highest BCUT2D eigenvalue weighted by Gasteiger charge is 2.10. The van der Waals surface area contributed by atoms with Gasteiger partial charge in [0.25, 0.3) is 0 Å². The van der Waals surface area contributed by atoms with Gasteiger partial charge in [-0.1, -0.05) is 28.9 Å². The van der Waals surface area contributed by atoms with E-state index in [2.05, 4.69) is 44.2 Å². The lowest BCUT2D eigenvalue weighted by atomic mass is 10.2. The molecule has 3 nitrogen and oxygen atoms in total. The fraction of sp³-hybridized carbons (Fsp3) is 0.200. The van der Waals surface area contributed by atoms with Crippen molar-refractivity contribution in [1.29, 1.82) is 0 Å². The number of anilines is 1. The molecule has 0 bridgehead atoms. The van der Waals surface area contributed by atoms with Crippen LogP contribution >= 0.6 is 27.3 Å². The molecule has 5 heteroatoms. The van der Waals surface area contributed by atoms with Crippen molar-refractivity contribution in [1.82, 2.24) is 9.97 Å². The first kappa shape index (κ1) is 13.5. The van der Waals surface area contributed by atoms with Crippen molar-refractivity contribution in [3.8, 4) is 10.7 Å². The molecule has 0 atom stereocenters. The van der Waals surface area contributed by atoms with Crippen molar-refractivity contribution in [3.63, 3.8) is 0 Å². The van der Waals surface area contributed by atoms with Crippen LogP contribution in [-0.2, 0) is 0 Å². The number of fused-ring (bicyclic) bond motifs is 1. The summed E-state index contributed by atoms with van der Waals surface area (Å²) in [5, 5.41) is 6.49. The maximum atomic E-state index is 4.69. The first-order valence-corrected chi connectivity index (χ1v) is 8.20. The topological polar surface area (TPSA) is 37.8 Å². The molecule has 0 fully saturated rings. The first-order chi connectivity index (χ1) is 9.78. The van der Waals surface area contributed by atoms with E-state index < -0.39 is 0 Å². The molecule has 2 aromatic heterocycles. The Morgan fingerprint density at radius 1 is 1.25 bits per heavy atom. The van der Waals surface area contributed by atoms with Gasteiger partial charge in [0.2, 0.25) is 0 Å². The number of nitrogens with one attached hydrogen (secondary N) is 1. The second-order valence-corrected chi connectivity index (χ2v) is 6.32. The summed E-state index contributed by atoms with van der Waals surface area (Å²) in [6.45, 7) is 3.05. The third-order valence-corrected chi connectivity index (χ3v) is 4.30. The van der Waals surface area contributed by atoms with Gasteiger partial charge in [0, 0.05) is 16.4 Å². The number of aromatic nitrogens is 2. The van der Waals surface area contributed by atoms with E-state index >= 15 is 0 Å². The minimum Gasteiger partial charge on any atom is -0.369 e.